The van der Waals surface area contributed by atoms with E-state index >= 15 is 0 Å². The third kappa shape index (κ3) is 3.16. The minimum Gasteiger partial charge on any atom is -1.00 e. The van der Waals surface area contributed by atoms with Gasteiger partial charge in [-0.15, -0.1) is 33.7 Å². The second-order valence-electron chi connectivity index (χ2n) is 8.09. The molecule has 2 atom stereocenters. The van der Waals surface area contributed by atoms with Gasteiger partial charge in [0.1, 0.15) is 0 Å². The molecule has 0 amide bonds. The van der Waals surface area contributed by atoms with Crippen molar-refractivity contribution in [3.63, 3.8) is 0 Å². The minimum absolute atomic E-state index is 0. The zero-order valence-corrected chi connectivity index (χ0v) is 22.2. The molecule has 1 aliphatic carbocycles. The molecule has 0 spiro atoms. The quantitative estimate of drug-likeness (QED) is 0.270. The monoisotopic (exact) mass is 493 g/mol. The van der Waals surface area contributed by atoms with E-state index in [1.54, 1.807) is 0 Å². The van der Waals surface area contributed by atoms with Crippen LogP contribution >= 0.6 is 11.1 Å². The van der Waals surface area contributed by atoms with Gasteiger partial charge in [-0.25, -0.2) is 0 Å². The molecular formula is C24H24Cl3SiTi. The molecule has 5 rings (SSSR count). The van der Waals surface area contributed by atoms with Crippen LogP contribution in [0.2, 0.25) is 6.04 Å². The topological polar surface area (TPSA) is 0 Å². The number of hydrogen-bond donors (Lipinski definition) is 0. The number of allylic oxidation sites excluding steroid dienone is 4. The Bertz CT molecular complexity index is 1190. The summed E-state index contributed by atoms with van der Waals surface area (Å²) in [5.41, 5.74) is 7.41. The van der Waals surface area contributed by atoms with E-state index in [-0.39, 0.29) is 46.5 Å². The summed E-state index contributed by atoms with van der Waals surface area (Å²) in [5, 5.41) is 8.56. The standard InChI is InChI=1S/C24H24ClSi.2ClH.Ti/c1-6-26(25)23-20-11-17-9-7-8-10-18(17)19(20)12-21(24(23)26)22-15(4)13(2)14(3)16(22)5;;;/h7-12,15H,6H2,1-5H3;2*1H;/q-1;;;+3/p-2. The van der Waals surface area contributed by atoms with E-state index in [9.17, 15) is 0 Å². The molecule has 5 heteroatoms. The van der Waals surface area contributed by atoms with Gasteiger partial charge in [0.05, 0.1) is 0 Å². The molecule has 0 saturated heterocycles. The maximum atomic E-state index is 7.29. The van der Waals surface area contributed by atoms with E-state index in [1.807, 2.05) is 0 Å². The van der Waals surface area contributed by atoms with Crippen molar-refractivity contribution in [2.24, 2.45) is 5.92 Å². The van der Waals surface area contributed by atoms with Crippen molar-refractivity contribution in [2.75, 3.05) is 0 Å². The summed E-state index contributed by atoms with van der Waals surface area (Å²) in [5.74, 6) is 0.491. The SMILES string of the molecule is CC[Si]1(Cl)c2c(C3=C(C)C(C)=C(C)C3C)cc3c([cH-]c4ccccc43)c21.[Cl-].[Cl-].[Ti+3]. The van der Waals surface area contributed by atoms with Crippen molar-refractivity contribution in [1.29, 1.82) is 0 Å². The van der Waals surface area contributed by atoms with Crippen LogP contribution in [0.5, 0.6) is 0 Å². The van der Waals surface area contributed by atoms with E-state index in [2.05, 4.69) is 71.0 Å². The van der Waals surface area contributed by atoms with Crippen molar-refractivity contribution >= 4 is 56.0 Å². The number of hydrogen-bond acceptors (Lipinski definition) is 0. The maximum absolute atomic E-state index is 7.29. The Kier molecular flexibility index (Phi) is 7.08. The van der Waals surface area contributed by atoms with Crippen LogP contribution in [0.1, 0.15) is 40.2 Å². The van der Waals surface area contributed by atoms with Crippen molar-refractivity contribution in [2.45, 2.75) is 40.7 Å². The summed E-state index contributed by atoms with van der Waals surface area (Å²) in [7, 11) is -1.94. The van der Waals surface area contributed by atoms with E-state index in [0.29, 0.717) is 5.92 Å². The molecule has 1 aliphatic heterocycles. The Balaban J connectivity index is 0.000001000. The van der Waals surface area contributed by atoms with Gasteiger partial charge in [-0.2, -0.15) is 11.1 Å². The van der Waals surface area contributed by atoms with Gasteiger partial charge in [0.15, 0.2) is 7.38 Å². The first-order valence-corrected chi connectivity index (χ1v) is 12.9. The Labute approximate surface area is 206 Å². The Morgan fingerprint density at radius 2 is 1.66 bits per heavy atom. The van der Waals surface area contributed by atoms with Gasteiger partial charge in [-0.05, 0) is 49.1 Å². The summed E-state index contributed by atoms with van der Waals surface area (Å²) in [6.45, 7) is 11.5. The van der Waals surface area contributed by atoms with Crippen molar-refractivity contribution in [3.8, 4) is 0 Å². The zero-order chi connectivity index (χ0) is 18.4. The second-order valence-corrected chi connectivity index (χ2v) is 13.3. The Morgan fingerprint density at radius 1 is 1.00 bits per heavy atom. The van der Waals surface area contributed by atoms with Gasteiger partial charge >= 0.3 is 21.7 Å². The molecule has 1 radical (unpaired) electrons. The third-order valence-corrected chi connectivity index (χ3v) is 12.4. The molecule has 0 bridgehead atoms. The fourth-order valence-electron chi connectivity index (χ4n) is 5.18. The summed E-state index contributed by atoms with van der Waals surface area (Å²) < 4.78 is 0. The molecule has 3 aromatic carbocycles. The predicted molar refractivity (Wildman–Crippen MR) is 119 cm³/mol. The molecule has 0 aromatic heterocycles. The van der Waals surface area contributed by atoms with E-state index in [4.69, 9.17) is 11.1 Å². The van der Waals surface area contributed by atoms with E-state index in [0.717, 1.165) is 6.04 Å². The molecule has 0 N–H and O–H groups in total. The van der Waals surface area contributed by atoms with Crippen molar-refractivity contribution in [3.05, 3.63) is 58.7 Å². The van der Waals surface area contributed by atoms with Crippen LogP contribution in [0.4, 0.5) is 0 Å². The first-order chi connectivity index (χ1) is 12.4. The summed E-state index contributed by atoms with van der Waals surface area (Å²) in [6, 6.07) is 14.7. The maximum Gasteiger partial charge on any atom is 3.00 e. The zero-order valence-electron chi connectivity index (χ0n) is 17.4. The fourth-order valence-corrected chi connectivity index (χ4v) is 9.75. The van der Waals surface area contributed by atoms with Gasteiger partial charge in [-0.1, -0.05) is 54.1 Å². The van der Waals surface area contributed by atoms with E-state index in [1.165, 1.54) is 59.8 Å². The molecule has 3 aromatic rings. The van der Waals surface area contributed by atoms with Crippen LogP contribution in [-0.2, 0) is 21.7 Å². The molecule has 0 saturated carbocycles. The van der Waals surface area contributed by atoms with Gasteiger partial charge < -0.3 is 24.8 Å². The van der Waals surface area contributed by atoms with Crippen molar-refractivity contribution < 1.29 is 46.5 Å². The van der Waals surface area contributed by atoms with Gasteiger partial charge in [0, 0.05) is 5.92 Å². The Hall–Kier alpha value is -0.409. The Morgan fingerprint density at radius 3 is 2.24 bits per heavy atom. The first kappa shape index (κ1) is 24.9. The first-order valence-electron chi connectivity index (χ1n) is 9.64. The summed E-state index contributed by atoms with van der Waals surface area (Å²) in [4.78, 5) is 0. The van der Waals surface area contributed by atoms with Crippen molar-refractivity contribution in [1.82, 2.24) is 0 Å². The minimum atomic E-state index is -1.94. The largest absolute Gasteiger partial charge is 3.00 e. The fraction of sp³-hybridized carbons (Fsp3) is 0.292. The van der Waals surface area contributed by atoms with Gasteiger partial charge in [-0.3, -0.25) is 0 Å². The summed E-state index contributed by atoms with van der Waals surface area (Å²) >= 11 is 7.29. The molecule has 0 nitrogen and oxygen atoms in total. The van der Waals surface area contributed by atoms with Gasteiger partial charge in [0.25, 0.3) is 0 Å². The second kappa shape index (κ2) is 8.26. The normalized spacial score (nSPS) is 22.3. The van der Waals surface area contributed by atoms with Crippen LogP contribution in [0.25, 0.3) is 27.1 Å². The number of fused-ring (bicyclic) bond motifs is 5. The predicted octanol–water partition coefficient (Wildman–Crippen LogP) is 0.109. The molecule has 2 unspecified atom stereocenters. The molecule has 1 heterocycles. The van der Waals surface area contributed by atoms with Crippen LogP contribution in [0, 0.1) is 5.92 Å². The molecule has 149 valence electrons. The molecule has 29 heavy (non-hydrogen) atoms. The summed E-state index contributed by atoms with van der Waals surface area (Å²) in [6.07, 6.45) is 0. The number of benzene rings is 2. The third-order valence-electron chi connectivity index (χ3n) is 7.07. The molecule has 2 aliphatic rings. The molecule has 0 fully saturated rings. The average molecular weight is 495 g/mol. The molecular weight excluding hydrogens is 471 g/mol. The van der Waals surface area contributed by atoms with Crippen LogP contribution in [-0.4, -0.2) is 7.38 Å². The van der Waals surface area contributed by atoms with Crippen LogP contribution < -0.4 is 35.2 Å². The van der Waals surface area contributed by atoms with Crippen LogP contribution in [0.3, 0.4) is 0 Å². The van der Waals surface area contributed by atoms with Gasteiger partial charge in [0.2, 0.25) is 0 Å². The number of rotatable bonds is 2. The smallest absolute Gasteiger partial charge is 1.00 e. The number of halogens is 3. The van der Waals surface area contributed by atoms with Crippen LogP contribution in [0.15, 0.2) is 53.1 Å². The van der Waals surface area contributed by atoms with E-state index < -0.39 is 7.38 Å². The average Bonchev–Trinajstić information content (AvgIpc) is 3.03.